The number of benzene rings is 2. The van der Waals surface area contributed by atoms with Gasteiger partial charge in [0.15, 0.2) is 0 Å². The number of hydrogen-bond donors (Lipinski definition) is 0. The summed E-state index contributed by atoms with van der Waals surface area (Å²) in [6.07, 6.45) is -13.7. The van der Waals surface area contributed by atoms with Crippen LogP contribution in [0.1, 0.15) is 16.7 Å². The number of rotatable bonds is 3. The van der Waals surface area contributed by atoms with Gasteiger partial charge in [-0.2, -0.15) is 35.1 Å². The van der Waals surface area contributed by atoms with Gasteiger partial charge in [-0.3, -0.25) is 0 Å². The molecule has 0 nitrogen and oxygen atoms in total. The molecule has 2 aromatic rings. The van der Waals surface area contributed by atoms with E-state index in [0.29, 0.717) is 12.1 Å². The van der Waals surface area contributed by atoms with Gasteiger partial charge in [-0.05, 0) is 48.7 Å². The van der Waals surface area contributed by atoms with Crippen LogP contribution in [0.3, 0.4) is 0 Å². The van der Waals surface area contributed by atoms with Crippen molar-refractivity contribution >= 4 is 0 Å². The summed E-state index contributed by atoms with van der Waals surface area (Å²) in [7, 11) is 0. The fourth-order valence-electron chi connectivity index (χ4n) is 2.89. The van der Waals surface area contributed by atoms with Gasteiger partial charge < -0.3 is 0 Å². The van der Waals surface area contributed by atoms with Crippen LogP contribution in [0.2, 0.25) is 0 Å². The molecular formula is C18H10F11. The van der Waals surface area contributed by atoms with Crippen LogP contribution in [0.4, 0.5) is 48.3 Å². The van der Waals surface area contributed by atoms with Crippen LogP contribution in [-0.2, 0) is 5.67 Å². The SMILES string of the molecule is Cc1[c]c(C)c(-c2ccc(F)cc2F)c(C(F)(C(F)(F)F)C(F)(F)C(F)(F)F)c1. The molecule has 0 bridgehead atoms. The molecule has 159 valence electrons. The lowest BCUT2D eigenvalue weighted by atomic mass is 9.80. The molecule has 1 radical (unpaired) electrons. The zero-order chi connectivity index (χ0) is 22.6. The van der Waals surface area contributed by atoms with E-state index in [1.54, 1.807) is 0 Å². The van der Waals surface area contributed by atoms with E-state index in [1.165, 1.54) is 0 Å². The monoisotopic (exact) mass is 435 g/mol. The number of halogens is 11. The Labute approximate surface area is 156 Å². The lowest BCUT2D eigenvalue weighted by Crippen LogP contribution is -2.60. The molecule has 0 fully saturated rings. The molecule has 0 spiro atoms. The quantitative estimate of drug-likeness (QED) is 0.457. The van der Waals surface area contributed by atoms with E-state index < -0.39 is 63.4 Å². The molecule has 0 amide bonds. The van der Waals surface area contributed by atoms with Crippen molar-refractivity contribution < 1.29 is 48.3 Å². The third-order valence-corrected chi connectivity index (χ3v) is 4.14. The van der Waals surface area contributed by atoms with E-state index in [4.69, 9.17) is 0 Å². The molecular weight excluding hydrogens is 425 g/mol. The minimum Gasteiger partial charge on any atom is -0.221 e. The highest BCUT2D eigenvalue weighted by molar-refractivity contribution is 5.73. The van der Waals surface area contributed by atoms with Gasteiger partial charge in [-0.15, -0.1) is 0 Å². The second-order valence-corrected chi connectivity index (χ2v) is 6.22. The van der Waals surface area contributed by atoms with Gasteiger partial charge in [-0.1, -0.05) is 6.07 Å². The van der Waals surface area contributed by atoms with Crippen LogP contribution < -0.4 is 0 Å². The molecule has 1 unspecified atom stereocenters. The second-order valence-electron chi connectivity index (χ2n) is 6.22. The van der Waals surface area contributed by atoms with E-state index in [9.17, 15) is 43.9 Å². The number of aryl methyl sites for hydroxylation is 2. The van der Waals surface area contributed by atoms with Crippen LogP contribution in [0.5, 0.6) is 0 Å². The Hall–Kier alpha value is -2.33. The number of alkyl halides is 9. The first kappa shape index (κ1) is 23.0. The van der Waals surface area contributed by atoms with Gasteiger partial charge in [-0.25, -0.2) is 13.2 Å². The molecule has 0 aliphatic heterocycles. The molecule has 0 aromatic heterocycles. The molecule has 29 heavy (non-hydrogen) atoms. The molecule has 0 saturated carbocycles. The summed E-state index contributed by atoms with van der Waals surface area (Å²) in [4.78, 5) is 0. The Morgan fingerprint density at radius 3 is 1.76 bits per heavy atom. The lowest BCUT2D eigenvalue weighted by Gasteiger charge is -2.37. The molecule has 2 rings (SSSR count). The van der Waals surface area contributed by atoms with Crippen molar-refractivity contribution in [2.24, 2.45) is 0 Å². The van der Waals surface area contributed by atoms with Crippen LogP contribution >= 0.6 is 0 Å². The highest BCUT2D eigenvalue weighted by Gasteiger charge is 2.82. The maximum Gasteiger partial charge on any atom is 0.457 e. The van der Waals surface area contributed by atoms with Crippen molar-refractivity contribution in [1.29, 1.82) is 0 Å². The Morgan fingerprint density at radius 2 is 1.31 bits per heavy atom. The van der Waals surface area contributed by atoms with Gasteiger partial charge in [0.05, 0.1) is 0 Å². The maximum absolute atomic E-state index is 15.0. The standard InChI is InChI=1S/C18H10F11/c1-8-5-9(2)14(11-4-3-10(19)7-13(11)20)12(6-8)15(21,17(24,25)26)16(22,23)18(27,28)29/h3-4,6-7H,1-2H3. The van der Waals surface area contributed by atoms with Crippen LogP contribution in [0, 0.1) is 31.5 Å². The van der Waals surface area contributed by atoms with Crippen molar-refractivity contribution in [3.8, 4) is 11.1 Å². The molecule has 0 heterocycles. The third kappa shape index (κ3) is 3.55. The smallest absolute Gasteiger partial charge is 0.221 e. The zero-order valence-corrected chi connectivity index (χ0v) is 14.5. The minimum absolute atomic E-state index is 0.0816. The van der Waals surface area contributed by atoms with Crippen molar-refractivity contribution in [2.45, 2.75) is 37.8 Å². The summed E-state index contributed by atoms with van der Waals surface area (Å²) >= 11 is 0. The summed E-state index contributed by atoms with van der Waals surface area (Å²) in [6.45, 7) is 1.89. The van der Waals surface area contributed by atoms with E-state index in [-0.39, 0.29) is 12.1 Å². The molecule has 11 heteroatoms. The Morgan fingerprint density at radius 1 is 0.759 bits per heavy atom. The molecule has 0 aliphatic carbocycles. The predicted octanol–water partition coefficient (Wildman–Crippen LogP) is 6.97. The van der Waals surface area contributed by atoms with E-state index in [2.05, 4.69) is 6.07 Å². The average molecular weight is 435 g/mol. The van der Waals surface area contributed by atoms with Crippen LogP contribution in [-0.4, -0.2) is 18.3 Å². The fourth-order valence-corrected chi connectivity index (χ4v) is 2.89. The summed E-state index contributed by atoms with van der Waals surface area (Å²) in [5.41, 5.74) is -11.6. The molecule has 0 saturated heterocycles. The van der Waals surface area contributed by atoms with E-state index in [0.717, 1.165) is 13.8 Å². The van der Waals surface area contributed by atoms with Crippen LogP contribution in [0.15, 0.2) is 24.3 Å². The minimum atomic E-state index is -6.93. The van der Waals surface area contributed by atoms with E-state index in [1.807, 2.05) is 0 Å². The van der Waals surface area contributed by atoms with Crippen molar-refractivity contribution in [3.05, 3.63) is 58.7 Å². The maximum atomic E-state index is 15.0. The van der Waals surface area contributed by atoms with Gasteiger partial charge in [0, 0.05) is 17.2 Å². The highest BCUT2D eigenvalue weighted by atomic mass is 19.4. The van der Waals surface area contributed by atoms with Gasteiger partial charge >= 0.3 is 23.9 Å². The van der Waals surface area contributed by atoms with Crippen molar-refractivity contribution in [2.75, 3.05) is 0 Å². The molecule has 1 atom stereocenters. The van der Waals surface area contributed by atoms with Crippen molar-refractivity contribution in [1.82, 2.24) is 0 Å². The molecule has 0 aliphatic rings. The van der Waals surface area contributed by atoms with Crippen LogP contribution in [0.25, 0.3) is 11.1 Å². The summed E-state index contributed by atoms with van der Waals surface area (Å²) in [6, 6.07) is 3.58. The average Bonchev–Trinajstić information content (AvgIpc) is 2.52. The number of hydrogen-bond acceptors (Lipinski definition) is 0. The molecule has 2 aromatic carbocycles. The Bertz CT molecular complexity index is 925. The normalized spacial score (nSPS) is 15.3. The lowest BCUT2D eigenvalue weighted by molar-refractivity contribution is -0.389. The first-order chi connectivity index (χ1) is 12.9. The second kappa shape index (κ2) is 6.88. The summed E-state index contributed by atoms with van der Waals surface area (Å²) < 4.78 is 149. The van der Waals surface area contributed by atoms with E-state index >= 15 is 4.39 Å². The highest BCUT2D eigenvalue weighted by Crippen LogP contribution is 2.60. The van der Waals surface area contributed by atoms with Crippen molar-refractivity contribution in [3.63, 3.8) is 0 Å². The van der Waals surface area contributed by atoms with Gasteiger partial charge in [0.1, 0.15) is 11.6 Å². The molecule has 0 N–H and O–H groups in total. The first-order valence-electron chi connectivity index (χ1n) is 7.64. The van der Waals surface area contributed by atoms with Gasteiger partial charge in [0.2, 0.25) is 0 Å². The topological polar surface area (TPSA) is 0 Å². The largest absolute Gasteiger partial charge is 0.457 e. The fraction of sp³-hybridized carbons (Fsp3) is 0.333. The summed E-state index contributed by atoms with van der Waals surface area (Å²) in [5.74, 6) is -9.72. The Kier molecular flexibility index (Phi) is 5.44. The zero-order valence-electron chi connectivity index (χ0n) is 14.5. The summed E-state index contributed by atoms with van der Waals surface area (Å²) in [5, 5.41) is 0. The Balaban J connectivity index is 3.04. The predicted molar refractivity (Wildman–Crippen MR) is 79.9 cm³/mol. The first-order valence-corrected chi connectivity index (χ1v) is 7.64. The van der Waals surface area contributed by atoms with Gasteiger partial charge in [0.25, 0.3) is 0 Å². The third-order valence-electron chi connectivity index (χ3n) is 4.14.